The molecule has 0 spiro atoms. The van der Waals surface area contributed by atoms with E-state index in [1.807, 2.05) is 0 Å². The lowest BCUT2D eigenvalue weighted by Crippen LogP contribution is -2.51. The molecule has 1 aliphatic carbocycles. The summed E-state index contributed by atoms with van der Waals surface area (Å²) in [5.41, 5.74) is -1.02. The minimum Gasteiger partial charge on any atom is -0.494 e. The number of carbonyl (C=O) groups excluding carboxylic acids is 2. The minimum atomic E-state index is -5.39. The van der Waals surface area contributed by atoms with E-state index in [9.17, 15) is 32.3 Å². The van der Waals surface area contributed by atoms with Crippen LogP contribution in [0.1, 0.15) is 47.4 Å². The van der Waals surface area contributed by atoms with Gasteiger partial charge in [0, 0.05) is 28.3 Å². The molecule has 2 amide bonds. The van der Waals surface area contributed by atoms with Crippen LogP contribution in [0.15, 0.2) is 48.7 Å². The van der Waals surface area contributed by atoms with Gasteiger partial charge in [-0.05, 0) is 50.1 Å². The molecule has 4 N–H and O–H groups in total. The van der Waals surface area contributed by atoms with Crippen molar-refractivity contribution in [2.45, 2.75) is 43.0 Å². The molecule has 1 saturated carbocycles. The Bertz CT molecular complexity index is 1820. The number of nitrogens with two attached hydrogens (primary N) is 1. The van der Waals surface area contributed by atoms with Gasteiger partial charge in [0.1, 0.15) is 40.5 Å². The molecule has 2 aromatic heterocycles. The summed E-state index contributed by atoms with van der Waals surface area (Å²) < 4.78 is 71.7. The molecule has 0 unspecified atom stereocenters. The fourth-order valence-corrected chi connectivity index (χ4v) is 5.22. The number of alkyl halides is 3. The summed E-state index contributed by atoms with van der Waals surface area (Å²) in [6.07, 6.45) is -1.74. The normalized spacial score (nSPS) is 19.2. The quantitative estimate of drug-likeness (QED) is 0.256. The highest BCUT2D eigenvalue weighted by Crippen LogP contribution is 2.48. The van der Waals surface area contributed by atoms with Crippen LogP contribution in [0.2, 0.25) is 0 Å². The molecule has 2 atom stereocenters. The van der Waals surface area contributed by atoms with Crippen molar-refractivity contribution in [2.24, 2.45) is 5.73 Å². The molecule has 0 saturated heterocycles. The lowest BCUT2D eigenvalue weighted by atomic mass is 9.81. The SMILES string of the molecule is COc1cc(C(=O)NC[C@@](O)(c2cc3c(c(-c4ccccc4F)n2)OC[C@]3(C)C(N)=O)C(F)(F)F)cc2cn(C3CC3)nc12. The number of primary amides is 1. The van der Waals surface area contributed by atoms with E-state index < -0.39 is 47.1 Å². The molecule has 230 valence electrons. The number of pyridine rings is 1. The highest BCUT2D eigenvalue weighted by molar-refractivity contribution is 6.00. The maximum atomic E-state index is 14.9. The molecular weight excluding hydrogens is 586 g/mol. The summed E-state index contributed by atoms with van der Waals surface area (Å²) in [5, 5.41) is 18.4. The topological polar surface area (TPSA) is 142 Å². The number of methoxy groups -OCH3 is 1. The van der Waals surface area contributed by atoms with Crippen molar-refractivity contribution in [3.63, 3.8) is 0 Å². The van der Waals surface area contributed by atoms with Gasteiger partial charge in [0.2, 0.25) is 11.5 Å². The van der Waals surface area contributed by atoms with Crippen LogP contribution in [0.4, 0.5) is 17.6 Å². The van der Waals surface area contributed by atoms with Crippen LogP contribution in [0.3, 0.4) is 0 Å². The molecule has 10 nitrogen and oxygen atoms in total. The number of aliphatic hydroxyl groups is 1. The highest BCUT2D eigenvalue weighted by Gasteiger charge is 2.57. The van der Waals surface area contributed by atoms with Gasteiger partial charge in [0.15, 0.2) is 0 Å². The minimum absolute atomic E-state index is 0.0297. The Hall–Kier alpha value is -4.72. The van der Waals surface area contributed by atoms with Crippen molar-refractivity contribution >= 4 is 22.7 Å². The molecule has 4 aromatic rings. The van der Waals surface area contributed by atoms with Crippen molar-refractivity contribution in [1.29, 1.82) is 0 Å². The maximum absolute atomic E-state index is 14.9. The third-order valence-electron chi connectivity index (χ3n) is 8.14. The zero-order chi connectivity index (χ0) is 31.6. The molecular formula is C30H27F4N5O5. The number of aromatic nitrogens is 3. The summed E-state index contributed by atoms with van der Waals surface area (Å²) in [5.74, 6) is -2.56. The average Bonchev–Trinajstić information content (AvgIpc) is 3.65. The van der Waals surface area contributed by atoms with Crippen LogP contribution in [0, 0.1) is 5.82 Å². The summed E-state index contributed by atoms with van der Waals surface area (Å²) >= 11 is 0. The second kappa shape index (κ2) is 10.2. The van der Waals surface area contributed by atoms with Gasteiger partial charge in [-0.25, -0.2) is 9.37 Å². The van der Waals surface area contributed by atoms with Gasteiger partial charge in [0.05, 0.1) is 25.4 Å². The van der Waals surface area contributed by atoms with Crippen LogP contribution in [0.25, 0.3) is 22.2 Å². The number of benzene rings is 2. The molecule has 1 fully saturated rings. The molecule has 44 heavy (non-hydrogen) atoms. The summed E-state index contributed by atoms with van der Waals surface area (Å²) in [4.78, 5) is 29.6. The number of amides is 2. The van der Waals surface area contributed by atoms with Crippen LogP contribution in [-0.2, 0) is 15.8 Å². The van der Waals surface area contributed by atoms with Gasteiger partial charge in [0.25, 0.3) is 5.91 Å². The van der Waals surface area contributed by atoms with Gasteiger partial charge in [-0.3, -0.25) is 14.3 Å². The zero-order valence-electron chi connectivity index (χ0n) is 23.5. The second-order valence-corrected chi connectivity index (χ2v) is 11.2. The lowest BCUT2D eigenvalue weighted by molar-refractivity contribution is -0.265. The van der Waals surface area contributed by atoms with E-state index in [4.69, 9.17) is 15.2 Å². The standard InChI is InChI=1S/C30H27F4N5O5/c1-28(27(35)41)14-44-25-19(28)11-22(37-24(25)18-5-3-4-6-20(18)31)29(42,30(32,33)34)13-36-26(40)15-9-16-12-39(17-7-8-17)38-23(16)21(10-15)43-2/h3-6,9-12,17,42H,7-8,13-14H2,1-2H3,(H2,35,41)(H,36,40)/t28-,29+/m0/s1. The average molecular weight is 614 g/mol. The Labute approximate surface area is 247 Å². The largest absolute Gasteiger partial charge is 0.494 e. The fourth-order valence-electron chi connectivity index (χ4n) is 5.22. The second-order valence-electron chi connectivity index (χ2n) is 11.2. The van der Waals surface area contributed by atoms with Gasteiger partial charge in [-0.15, -0.1) is 0 Å². The van der Waals surface area contributed by atoms with Crippen LogP contribution in [-0.4, -0.2) is 58.1 Å². The Morgan fingerprint density at radius 1 is 1.23 bits per heavy atom. The number of nitrogens with one attached hydrogen (secondary N) is 1. The lowest BCUT2D eigenvalue weighted by Gasteiger charge is -2.31. The van der Waals surface area contributed by atoms with Crippen molar-refractivity contribution in [3.05, 3.63) is 71.3 Å². The molecule has 0 bridgehead atoms. The molecule has 0 radical (unpaired) electrons. The number of ether oxygens (including phenoxy) is 2. The highest BCUT2D eigenvalue weighted by atomic mass is 19.4. The maximum Gasteiger partial charge on any atom is 0.424 e. The fraction of sp³-hybridized carbons (Fsp3) is 0.333. The number of rotatable bonds is 8. The molecule has 14 heteroatoms. The third kappa shape index (κ3) is 4.69. The van der Waals surface area contributed by atoms with Crippen LogP contribution < -0.4 is 20.5 Å². The third-order valence-corrected chi connectivity index (χ3v) is 8.14. The first-order chi connectivity index (χ1) is 20.8. The first-order valence-corrected chi connectivity index (χ1v) is 13.6. The summed E-state index contributed by atoms with van der Waals surface area (Å²) in [6.45, 7) is -0.347. The number of hydrogen-bond acceptors (Lipinski definition) is 7. The smallest absolute Gasteiger partial charge is 0.424 e. The molecule has 2 aromatic carbocycles. The monoisotopic (exact) mass is 613 g/mol. The van der Waals surface area contributed by atoms with Gasteiger partial charge >= 0.3 is 6.18 Å². The predicted octanol–water partition coefficient (Wildman–Crippen LogP) is 3.90. The summed E-state index contributed by atoms with van der Waals surface area (Å²) in [6, 6.07) is 9.07. The van der Waals surface area contributed by atoms with E-state index in [1.165, 1.54) is 44.4 Å². The van der Waals surface area contributed by atoms with Crippen molar-refractivity contribution in [1.82, 2.24) is 20.1 Å². The van der Waals surface area contributed by atoms with Crippen LogP contribution in [0.5, 0.6) is 11.5 Å². The Balaban J connectivity index is 1.41. The molecule has 1 aliphatic heterocycles. The Morgan fingerprint density at radius 3 is 2.59 bits per heavy atom. The van der Waals surface area contributed by atoms with E-state index >= 15 is 0 Å². The number of halogens is 4. The van der Waals surface area contributed by atoms with Gasteiger partial charge in [-0.1, -0.05) is 12.1 Å². The predicted molar refractivity (Wildman–Crippen MR) is 149 cm³/mol. The summed E-state index contributed by atoms with van der Waals surface area (Å²) in [7, 11) is 1.38. The van der Waals surface area contributed by atoms with Crippen molar-refractivity contribution in [3.8, 4) is 22.8 Å². The van der Waals surface area contributed by atoms with E-state index in [0.29, 0.717) is 10.9 Å². The van der Waals surface area contributed by atoms with Gasteiger partial charge < -0.3 is 25.6 Å². The first kappa shape index (κ1) is 29.4. The van der Waals surface area contributed by atoms with Gasteiger partial charge in [-0.2, -0.15) is 18.3 Å². The van der Waals surface area contributed by atoms with E-state index in [2.05, 4.69) is 15.4 Å². The van der Waals surface area contributed by atoms with E-state index in [0.717, 1.165) is 25.0 Å². The number of nitrogens with zero attached hydrogens (tertiary/aromatic N) is 3. The van der Waals surface area contributed by atoms with E-state index in [1.54, 1.807) is 10.9 Å². The molecule has 3 heterocycles. The zero-order valence-corrected chi connectivity index (χ0v) is 23.5. The van der Waals surface area contributed by atoms with E-state index in [-0.39, 0.29) is 46.5 Å². The van der Waals surface area contributed by atoms with Crippen LogP contribution >= 0.6 is 0 Å². The first-order valence-electron chi connectivity index (χ1n) is 13.6. The number of carbonyl (C=O) groups is 2. The van der Waals surface area contributed by atoms with Crippen molar-refractivity contribution < 1.29 is 41.7 Å². The van der Waals surface area contributed by atoms with Crippen molar-refractivity contribution in [2.75, 3.05) is 20.3 Å². The number of fused-ring (bicyclic) bond motifs is 2. The Morgan fingerprint density at radius 2 is 1.95 bits per heavy atom. The Kier molecular flexibility index (Phi) is 6.79. The number of hydrogen-bond donors (Lipinski definition) is 3. The molecule has 6 rings (SSSR count). The molecule has 2 aliphatic rings.